The Labute approximate surface area is 290 Å². The summed E-state index contributed by atoms with van der Waals surface area (Å²) < 4.78 is 47.2. The van der Waals surface area contributed by atoms with Gasteiger partial charge in [0.15, 0.2) is 0 Å². The molecule has 3 saturated carbocycles. The highest BCUT2D eigenvalue weighted by molar-refractivity contribution is 6.48. The van der Waals surface area contributed by atoms with Crippen LogP contribution in [-0.2, 0) is 30.1 Å². The van der Waals surface area contributed by atoms with Crippen LogP contribution >= 0.6 is 0 Å². The van der Waals surface area contributed by atoms with Crippen molar-refractivity contribution in [3.8, 4) is 6.07 Å². The van der Waals surface area contributed by atoms with Crippen LogP contribution in [0.4, 0.5) is 8.78 Å². The highest BCUT2D eigenvalue weighted by Gasteiger charge is 2.68. The molecule has 268 valence electrons. The molecule has 0 aromatic heterocycles. The fourth-order valence-electron chi connectivity index (χ4n) is 9.58. The maximum absolute atomic E-state index is 13.9. The third kappa shape index (κ3) is 7.28. The number of carbonyl (C=O) groups excluding carboxylic acids is 2. The van der Waals surface area contributed by atoms with E-state index in [0.29, 0.717) is 31.2 Å². The minimum absolute atomic E-state index is 0.0111. The predicted molar refractivity (Wildman–Crippen MR) is 181 cm³/mol. The predicted octanol–water partition coefficient (Wildman–Crippen LogP) is 4.88. The molecule has 1 aromatic carbocycles. The van der Waals surface area contributed by atoms with Crippen LogP contribution in [-0.4, -0.2) is 96.7 Å². The number of hydrogen-bond donors (Lipinski definition) is 1. The molecule has 3 heterocycles. The molecular weight excluding hydrogens is 629 g/mol. The van der Waals surface area contributed by atoms with E-state index in [9.17, 15) is 23.6 Å². The first-order chi connectivity index (χ1) is 23.0. The lowest BCUT2D eigenvalue weighted by molar-refractivity contribution is -0.199. The molecule has 1 aromatic rings. The van der Waals surface area contributed by atoms with Crippen molar-refractivity contribution in [3.05, 3.63) is 35.9 Å². The molecule has 1 N–H and O–H groups in total. The molecule has 3 aliphatic carbocycles. The van der Waals surface area contributed by atoms with Crippen molar-refractivity contribution in [1.82, 2.24) is 15.1 Å². The van der Waals surface area contributed by atoms with Gasteiger partial charge in [-0.1, -0.05) is 51.1 Å². The van der Waals surface area contributed by atoms with Crippen LogP contribution in [0, 0.1) is 40.4 Å². The molecule has 2 bridgehead atoms. The molecule has 9 nitrogen and oxygen atoms in total. The third-order valence-electron chi connectivity index (χ3n) is 12.6. The van der Waals surface area contributed by atoms with Gasteiger partial charge in [0.2, 0.25) is 11.8 Å². The Balaban J connectivity index is 1.07. The van der Waals surface area contributed by atoms with Crippen molar-refractivity contribution in [2.24, 2.45) is 29.1 Å². The number of amides is 2. The average Bonchev–Trinajstić information content (AvgIpc) is 3.60. The van der Waals surface area contributed by atoms with Gasteiger partial charge in [0, 0.05) is 31.6 Å². The number of rotatable bonds is 11. The quantitative estimate of drug-likeness (QED) is 0.332. The van der Waals surface area contributed by atoms with Gasteiger partial charge in [-0.2, -0.15) is 5.26 Å². The summed E-state index contributed by atoms with van der Waals surface area (Å²) in [5.41, 5.74) is 0.274. The molecule has 12 heteroatoms. The minimum atomic E-state index is -2.72. The topological polar surface area (TPSA) is 104 Å². The van der Waals surface area contributed by atoms with E-state index in [1.165, 1.54) is 0 Å². The van der Waals surface area contributed by atoms with Crippen LogP contribution in [0.3, 0.4) is 0 Å². The molecule has 3 aliphatic heterocycles. The summed E-state index contributed by atoms with van der Waals surface area (Å²) in [6.07, 6.45) is 2.38. The second-order valence-corrected chi connectivity index (χ2v) is 16.8. The van der Waals surface area contributed by atoms with E-state index in [-0.39, 0.29) is 68.3 Å². The number of halogens is 2. The Morgan fingerprint density at radius 3 is 2.55 bits per heavy atom. The van der Waals surface area contributed by atoms with Crippen molar-refractivity contribution in [2.45, 2.75) is 115 Å². The van der Waals surface area contributed by atoms with Crippen LogP contribution in [0.15, 0.2) is 30.3 Å². The van der Waals surface area contributed by atoms with E-state index in [4.69, 9.17) is 14.0 Å². The zero-order chi connectivity index (χ0) is 35.4. The first-order valence-corrected chi connectivity index (χ1v) is 18.1. The molecule has 49 heavy (non-hydrogen) atoms. The highest BCUT2D eigenvalue weighted by Crippen LogP contribution is 2.65. The summed E-state index contributed by atoms with van der Waals surface area (Å²) in [6.45, 7) is 13.2. The van der Waals surface area contributed by atoms with E-state index >= 15 is 0 Å². The summed E-state index contributed by atoms with van der Waals surface area (Å²) in [4.78, 5) is 30.7. The Morgan fingerprint density at radius 1 is 1.16 bits per heavy atom. The SMILES string of the molecule is CC(CC(C)(C)N1CCC(F)(F)C1)C(C#N)C(=O)N1CCO[C@H](CC(=O)N[C@@H](Cc2ccccc2)B2O[C@@H]3C[C@@H]4C[C@@H](C4(C)C)[C@]3(C)O2)C1. The van der Waals surface area contributed by atoms with Crippen molar-refractivity contribution < 1.29 is 32.4 Å². The van der Waals surface area contributed by atoms with Gasteiger partial charge in [0.05, 0.1) is 49.4 Å². The number of carbonyl (C=O) groups is 2. The molecule has 0 radical (unpaired) electrons. The molecule has 6 fully saturated rings. The van der Waals surface area contributed by atoms with E-state index in [1.54, 1.807) is 9.80 Å². The standard InChI is InChI=1S/C37H53BF2N4O5/c1-24(20-34(2,3)44-13-12-37(39,40)23-44)28(21-41)33(46)43-14-15-47-27(22-43)19-32(45)42-31(16-25-10-8-7-9-11-25)38-48-30-18-26-17-29(35(26,4)5)36(30,6)49-38/h7-11,24,26-31H,12-20,22-23H2,1-6H3,(H,42,45)/t24?,26-,27+,28?,29-,30+,31-,36-/m0/s1. The molecule has 7 rings (SSSR count). The molecule has 8 atom stereocenters. The van der Waals surface area contributed by atoms with E-state index in [2.05, 4.69) is 32.2 Å². The monoisotopic (exact) mass is 682 g/mol. The zero-order valence-corrected chi connectivity index (χ0v) is 29.9. The third-order valence-corrected chi connectivity index (χ3v) is 12.6. The first kappa shape index (κ1) is 36.2. The van der Waals surface area contributed by atoms with Crippen LogP contribution in [0.5, 0.6) is 0 Å². The van der Waals surface area contributed by atoms with E-state index in [0.717, 1.165) is 18.4 Å². The van der Waals surface area contributed by atoms with Crippen LogP contribution < -0.4 is 5.32 Å². The fourth-order valence-corrected chi connectivity index (χ4v) is 9.58. The number of nitrogens with one attached hydrogen (secondary N) is 1. The van der Waals surface area contributed by atoms with Gasteiger partial charge in [-0.25, -0.2) is 8.78 Å². The lowest BCUT2D eigenvalue weighted by atomic mass is 9.43. The summed E-state index contributed by atoms with van der Waals surface area (Å²) in [5, 5.41) is 13.3. The molecular formula is C37H53BF2N4O5. The number of benzene rings is 1. The summed E-state index contributed by atoms with van der Waals surface area (Å²) >= 11 is 0. The summed E-state index contributed by atoms with van der Waals surface area (Å²) in [6, 6.07) is 12.2. The van der Waals surface area contributed by atoms with Gasteiger partial charge < -0.3 is 24.3 Å². The van der Waals surface area contributed by atoms with Crippen molar-refractivity contribution in [2.75, 3.05) is 32.8 Å². The Hall–Kier alpha value is -2.59. The number of morpholine rings is 1. The molecule has 3 saturated heterocycles. The number of hydrogen-bond acceptors (Lipinski definition) is 7. The molecule has 0 spiro atoms. The maximum atomic E-state index is 13.9. The van der Waals surface area contributed by atoms with Crippen LogP contribution in [0.1, 0.15) is 79.2 Å². The van der Waals surface area contributed by atoms with E-state index in [1.807, 2.05) is 51.1 Å². The van der Waals surface area contributed by atoms with Crippen molar-refractivity contribution in [3.63, 3.8) is 0 Å². The van der Waals surface area contributed by atoms with Crippen LogP contribution in [0.25, 0.3) is 0 Å². The van der Waals surface area contributed by atoms with Gasteiger partial charge in [-0.3, -0.25) is 14.5 Å². The zero-order valence-electron chi connectivity index (χ0n) is 29.9. The minimum Gasteiger partial charge on any atom is -0.404 e. The first-order valence-electron chi connectivity index (χ1n) is 18.1. The Kier molecular flexibility index (Phi) is 9.99. The normalized spacial score (nSPS) is 32.4. The molecule has 2 unspecified atom stereocenters. The van der Waals surface area contributed by atoms with Crippen molar-refractivity contribution in [1.29, 1.82) is 5.26 Å². The Morgan fingerprint density at radius 2 is 1.90 bits per heavy atom. The second-order valence-electron chi connectivity index (χ2n) is 16.8. The van der Waals surface area contributed by atoms with Crippen molar-refractivity contribution >= 4 is 18.9 Å². The number of ether oxygens (including phenoxy) is 1. The molecule has 6 aliphatic rings. The second kappa shape index (κ2) is 13.5. The van der Waals surface area contributed by atoms with Crippen LogP contribution in [0.2, 0.25) is 0 Å². The van der Waals surface area contributed by atoms with Gasteiger partial charge in [0.25, 0.3) is 5.92 Å². The molecule has 2 amide bonds. The lowest BCUT2D eigenvalue weighted by Gasteiger charge is -2.64. The maximum Gasteiger partial charge on any atom is 0.482 e. The fraction of sp³-hybridized carbons (Fsp3) is 0.757. The highest BCUT2D eigenvalue weighted by atomic mass is 19.3. The van der Waals surface area contributed by atoms with Gasteiger partial charge in [-0.15, -0.1) is 0 Å². The number of likely N-dealkylation sites (tertiary alicyclic amines) is 1. The lowest BCUT2D eigenvalue weighted by Crippen LogP contribution is -2.65. The van der Waals surface area contributed by atoms with Gasteiger partial charge in [-0.05, 0) is 75.2 Å². The van der Waals surface area contributed by atoms with E-state index < -0.39 is 42.1 Å². The summed E-state index contributed by atoms with van der Waals surface area (Å²) in [7, 11) is -0.589. The average molecular weight is 683 g/mol. The summed E-state index contributed by atoms with van der Waals surface area (Å²) in [5.74, 6) is -3.92. The number of alkyl halides is 2. The largest absolute Gasteiger partial charge is 0.482 e. The Bertz CT molecular complexity index is 1420. The number of nitrogens with zero attached hydrogens (tertiary/aromatic N) is 3. The number of nitriles is 1. The van der Waals surface area contributed by atoms with Gasteiger partial charge in [0.1, 0.15) is 5.92 Å². The smallest absolute Gasteiger partial charge is 0.404 e. The van der Waals surface area contributed by atoms with Gasteiger partial charge >= 0.3 is 7.12 Å².